The average Bonchev–Trinajstić information content (AvgIpc) is 2.05. The smallest absolute Gasteiger partial charge is 0.151 e. The SMILES string of the molecule is CCSc1cc(O)ccc1C=O. The van der Waals surface area contributed by atoms with Gasteiger partial charge in [-0.15, -0.1) is 11.8 Å². The van der Waals surface area contributed by atoms with E-state index in [1.807, 2.05) is 6.92 Å². The molecule has 64 valence electrons. The summed E-state index contributed by atoms with van der Waals surface area (Å²) in [5, 5.41) is 9.13. The fourth-order valence-corrected chi connectivity index (χ4v) is 1.70. The summed E-state index contributed by atoms with van der Waals surface area (Å²) < 4.78 is 0. The number of phenols is 1. The molecule has 0 heterocycles. The largest absolute Gasteiger partial charge is 0.508 e. The fraction of sp³-hybridized carbons (Fsp3) is 0.222. The molecule has 0 saturated carbocycles. The number of aldehydes is 1. The first-order valence-electron chi connectivity index (χ1n) is 3.69. The Morgan fingerprint density at radius 2 is 2.33 bits per heavy atom. The van der Waals surface area contributed by atoms with Crippen LogP contribution in [0.5, 0.6) is 5.75 Å². The molecule has 0 bridgehead atoms. The number of carbonyl (C=O) groups excluding carboxylic acids is 1. The Morgan fingerprint density at radius 3 is 2.92 bits per heavy atom. The molecule has 0 amide bonds. The predicted octanol–water partition coefficient (Wildman–Crippen LogP) is 2.32. The highest BCUT2D eigenvalue weighted by molar-refractivity contribution is 7.99. The molecule has 0 spiro atoms. The lowest BCUT2D eigenvalue weighted by Gasteiger charge is -2.02. The monoisotopic (exact) mass is 182 g/mol. The van der Waals surface area contributed by atoms with E-state index in [-0.39, 0.29) is 5.75 Å². The highest BCUT2D eigenvalue weighted by Gasteiger charge is 2.01. The zero-order valence-electron chi connectivity index (χ0n) is 6.78. The number of thioether (sulfide) groups is 1. The number of carbonyl (C=O) groups is 1. The third kappa shape index (κ3) is 2.01. The van der Waals surface area contributed by atoms with Gasteiger partial charge in [0.05, 0.1) is 0 Å². The molecule has 3 heteroatoms. The van der Waals surface area contributed by atoms with Crippen molar-refractivity contribution in [1.29, 1.82) is 0 Å². The van der Waals surface area contributed by atoms with Crippen molar-refractivity contribution in [2.24, 2.45) is 0 Å². The van der Waals surface area contributed by atoms with E-state index in [1.165, 1.54) is 6.07 Å². The third-order valence-electron chi connectivity index (χ3n) is 1.42. The maximum atomic E-state index is 10.5. The van der Waals surface area contributed by atoms with Crippen molar-refractivity contribution in [1.82, 2.24) is 0 Å². The number of rotatable bonds is 3. The predicted molar refractivity (Wildman–Crippen MR) is 49.9 cm³/mol. The van der Waals surface area contributed by atoms with E-state index >= 15 is 0 Å². The number of hydrogen-bond donors (Lipinski definition) is 1. The summed E-state index contributed by atoms with van der Waals surface area (Å²) in [4.78, 5) is 11.4. The fourth-order valence-electron chi connectivity index (χ4n) is 0.901. The van der Waals surface area contributed by atoms with E-state index in [2.05, 4.69) is 0 Å². The molecule has 0 aliphatic rings. The van der Waals surface area contributed by atoms with Crippen molar-refractivity contribution in [2.75, 3.05) is 5.75 Å². The molecule has 0 saturated heterocycles. The van der Waals surface area contributed by atoms with E-state index in [0.29, 0.717) is 5.56 Å². The van der Waals surface area contributed by atoms with E-state index in [0.717, 1.165) is 16.9 Å². The van der Waals surface area contributed by atoms with Crippen molar-refractivity contribution in [3.63, 3.8) is 0 Å². The second kappa shape index (κ2) is 4.16. The zero-order valence-corrected chi connectivity index (χ0v) is 7.60. The average molecular weight is 182 g/mol. The van der Waals surface area contributed by atoms with Gasteiger partial charge in [-0.1, -0.05) is 6.92 Å². The molecule has 0 aliphatic carbocycles. The van der Waals surface area contributed by atoms with E-state index in [9.17, 15) is 4.79 Å². The normalized spacial score (nSPS) is 9.75. The molecule has 1 aromatic carbocycles. The highest BCUT2D eigenvalue weighted by atomic mass is 32.2. The molecule has 0 fully saturated rings. The zero-order chi connectivity index (χ0) is 8.97. The van der Waals surface area contributed by atoms with Gasteiger partial charge in [-0.2, -0.15) is 0 Å². The molecule has 1 aromatic rings. The van der Waals surface area contributed by atoms with Gasteiger partial charge in [0.2, 0.25) is 0 Å². The van der Waals surface area contributed by atoms with Crippen LogP contribution in [0.2, 0.25) is 0 Å². The van der Waals surface area contributed by atoms with Crippen molar-refractivity contribution in [2.45, 2.75) is 11.8 Å². The lowest BCUT2D eigenvalue weighted by Crippen LogP contribution is -1.84. The number of aromatic hydroxyl groups is 1. The molecular formula is C9H10O2S. The van der Waals surface area contributed by atoms with Crippen LogP contribution >= 0.6 is 11.8 Å². The second-order valence-electron chi connectivity index (χ2n) is 2.27. The summed E-state index contributed by atoms with van der Waals surface area (Å²) >= 11 is 1.55. The maximum Gasteiger partial charge on any atom is 0.151 e. The summed E-state index contributed by atoms with van der Waals surface area (Å²) in [7, 11) is 0. The Hall–Kier alpha value is -0.960. The van der Waals surface area contributed by atoms with Crippen LogP contribution < -0.4 is 0 Å². The van der Waals surface area contributed by atoms with Crippen molar-refractivity contribution in [3.05, 3.63) is 23.8 Å². The molecule has 0 atom stereocenters. The van der Waals surface area contributed by atoms with Crippen LogP contribution in [0.3, 0.4) is 0 Å². The van der Waals surface area contributed by atoms with Crippen LogP contribution in [-0.4, -0.2) is 17.1 Å². The van der Waals surface area contributed by atoms with Crippen molar-refractivity contribution in [3.8, 4) is 5.75 Å². The lowest BCUT2D eigenvalue weighted by molar-refractivity contribution is 0.112. The number of benzene rings is 1. The van der Waals surface area contributed by atoms with Crippen molar-refractivity contribution < 1.29 is 9.90 Å². The standard InChI is InChI=1S/C9H10O2S/c1-2-12-9-5-8(11)4-3-7(9)6-10/h3-6,11H,2H2,1H3. The minimum atomic E-state index is 0.205. The van der Waals surface area contributed by atoms with Crippen LogP contribution in [0, 0.1) is 0 Å². The topological polar surface area (TPSA) is 37.3 Å². The van der Waals surface area contributed by atoms with Gasteiger partial charge in [0.1, 0.15) is 5.75 Å². The van der Waals surface area contributed by atoms with Gasteiger partial charge in [-0.3, -0.25) is 4.79 Å². The summed E-state index contributed by atoms with van der Waals surface area (Å²) in [6, 6.07) is 4.75. The van der Waals surface area contributed by atoms with Crippen LogP contribution in [0.1, 0.15) is 17.3 Å². The van der Waals surface area contributed by atoms with E-state index in [1.54, 1.807) is 23.9 Å². The molecule has 2 nitrogen and oxygen atoms in total. The second-order valence-corrected chi connectivity index (χ2v) is 3.58. The van der Waals surface area contributed by atoms with Crippen LogP contribution in [-0.2, 0) is 0 Å². The van der Waals surface area contributed by atoms with Gasteiger partial charge in [0, 0.05) is 10.5 Å². The first-order chi connectivity index (χ1) is 5.77. The summed E-state index contributed by atoms with van der Waals surface area (Å²) in [6.07, 6.45) is 0.803. The molecule has 12 heavy (non-hydrogen) atoms. The first kappa shape index (κ1) is 9.13. The minimum absolute atomic E-state index is 0.205. The molecule has 1 N–H and O–H groups in total. The number of phenolic OH excluding ortho intramolecular Hbond substituents is 1. The Kier molecular flexibility index (Phi) is 3.17. The van der Waals surface area contributed by atoms with Gasteiger partial charge >= 0.3 is 0 Å². The Morgan fingerprint density at radius 1 is 1.58 bits per heavy atom. The molecular weight excluding hydrogens is 172 g/mol. The Balaban J connectivity index is 3.03. The summed E-state index contributed by atoms with van der Waals surface area (Å²) in [5.74, 6) is 1.10. The lowest BCUT2D eigenvalue weighted by atomic mass is 10.2. The third-order valence-corrected chi connectivity index (χ3v) is 2.38. The minimum Gasteiger partial charge on any atom is -0.508 e. The molecule has 0 unspecified atom stereocenters. The van der Waals surface area contributed by atoms with E-state index in [4.69, 9.17) is 5.11 Å². The Labute approximate surface area is 75.6 Å². The van der Waals surface area contributed by atoms with Gasteiger partial charge < -0.3 is 5.11 Å². The van der Waals surface area contributed by atoms with Crippen LogP contribution in [0.4, 0.5) is 0 Å². The molecule has 1 rings (SSSR count). The maximum absolute atomic E-state index is 10.5. The molecule has 0 aliphatic heterocycles. The van der Waals surface area contributed by atoms with Gasteiger partial charge in [-0.05, 0) is 24.0 Å². The quantitative estimate of drug-likeness (QED) is 0.575. The van der Waals surface area contributed by atoms with Crippen LogP contribution in [0.15, 0.2) is 23.1 Å². The first-order valence-corrected chi connectivity index (χ1v) is 4.67. The highest BCUT2D eigenvalue weighted by Crippen LogP contribution is 2.25. The molecule has 0 aromatic heterocycles. The van der Waals surface area contributed by atoms with Gasteiger partial charge in [-0.25, -0.2) is 0 Å². The number of hydrogen-bond acceptors (Lipinski definition) is 3. The summed E-state index contributed by atoms with van der Waals surface area (Å²) in [5.41, 5.74) is 0.639. The summed E-state index contributed by atoms with van der Waals surface area (Å²) in [6.45, 7) is 2.00. The molecule has 0 radical (unpaired) electrons. The Bertz CT molecular complexity index is 284. The van der Waals surface area contributed by atoms with Crippen molar-refractivity contribution >= 4 is 18.0 Å². The van der Waals surface area contributed by atoms with Crippen LogP contribution in [0.25, 0.3) is 0 Å². The van der Waals surface area contributed by atoms with E-state index < -0.39 is 0 Å². The van der Waals surface area contributed by atoms with Gasteiger partial charge in [0.15, 0.2) is 6.29 Å². The van der Waals surface area contributed by atoms with Gasteiger partial charge in [0.25, 0.3) is 0 Å².